The van der Waals surface area contributed by atoms with Crippen LogP contribution in [0.4, 0.5) is 4.39 Å². The molecule has 0 spiro atoms. The lowest BCUT2D eigenvalue weighted by molar-refractivity contribution is -0.0871. The molecule has 2 aromatic heterocycles. The molecule has 0 aromatic carbocycles. The van der Waals surface area contributed by atoms with E-state index in [0.717, 1.165) is 11.9 Å². The fraction of sp³-hybridized carbons (Fsp3) is 0.357. The van der Waals surface area contributed by atoms with Crippen molar-refractivity contribution in [2.75, 3.05) is 6.61 Å². The number of pyridine rings is 1. The minimum atomic E-state index is -1.41. The van der Waals surface area contributed by atoms with Gasteiger partial charge in [0.25, 0.3) is 5.91 Å². The zero-order valence-corrected chi connectivity index (χ0v) is 10.4. The van der Waals surface area contributed by atoms with Crippen molar-refractivity contribution in [3.05, 3.63) is 42.2 Å². The van der Waals surface area contributed by atoms with Gasteiger partial charge in [-0.25, -0.2) is 4.39 Å². The van der Waals surface area contributed by atoms with Crippen molar-refractivity contribution in [3.63, 3.8) is 0 Å². The van der Waals surface area contributed by atoms with Crippen molar-refractivity contribution in [1.29, 1.82) is 0 Å². The summed E-state index contributed by atoms with van der Waals surface area (Å²) in [6, 6.07) is 6.94. The molecule has 1 amide bonds. The van der Waals surface area contributed by atoms with E-state index >= 15 is 0 Å². The molecule has 2 unspecified atom stereocenters. The van der Waals surface area contributed by atoms with E-state index in [1.165, 1.54) is 0 Å². The molecule has 0 bridgehead atoms. The average molecular weight is 262 g/mol. The number of carbonyl (C=O) groups is 1. The molecule has 1 aliphatic heterocycles. The molecule has 1 N–H and O–H groups in total. The van der Waals surface area contributed by atoms with Crippen molar-refractivity contribution in [2.24, 2.45) is 0 Å². The number of nitrogens with zero attached hydrogens (tertiary/aromatic N) is 1. The summed E-state index contributed by atoms with van der Waals surface area (Å²) in [6.07, 6.45) is 3.58. The summed E-state index contributed by atoms with van der Waals surface area (Å²) in [5.74, 6) is -0.262. The van der Waals surface area contributed by atoms with E-state index in [2.05, 4.69) is 5.32 Å². The van der Waals surface area contributed by atoms with E-state index in [1.807, 2.05) is 28.8 Å². The second-order valence-electron chi connectivity index (χ2n) is 4.71. The van der Waals surface area contributed by atoms with E-state index in [4.69, 9.17) is 4.74 Å². The fourth-order valence-corrected chi connectivity index (χ4v) is 2.32. The van der Waals surface area contributed by atoms with E-state index in [9.17, 15) is 9.18 Å². The Hall–Kier alpha value is -1.88. The van der Waals surface area contributed by atoms with Gasteiger partial charge in [-0.2, -0.15) is 0 Å². The highest BCUT2D eigenvalue weighted by atomic mass is 19.1. The molecule has 1 fully saturated rings. The molecule has 100 valence electrons. The first-order valence-electron chi connectivity index (χ1n) is 6.37. The molecule has 0 radical (unpaired) electrons. The van der Waals surface area contributed by atoms with Gasteiger partial charge in [-0.3, -0.25) is 4.79 Å². The minimum Gasteiger partial charge on any atom is -0.347 e. The summed E-state index contributed by atoms with van der Waals surface area (Å²) in [6.45, 7) is 0.420. The van der Waals surface area contributed by atoms with E-state index < -0.39 is 12.4 Å². The van der Waals surface area contributed by atoms with Gasteiger partial charge in [0, 0.05) is 17.9 Å². The van der Waals surface area contributed by atoms with Gasteiger partial charge in [0.05, 0.1) is 18.2 Å². The first kappa shape index (κ1) is 12.2. The maximum absolute atomic E-state index is 13.5. The summed E-state index contributed by atoms with van der Waals surface area (Å²) in [5.41, 5.74) is 1.47. The zero-order valence-electron chi connectivity index (χ0n) is 10.4. The number of halogens is 1. The molecule has 4 nitrogen and oxygen atoms in total. The number of hydrogen-bond donors (Lipinski definition) is 1. The van der Waals surface area contributed by atoms with E-state index in [-0.39, 0.29) is 5.91 Å². The first-order valence-corrected chi connectivity index (χ1v) is 6.37. The van der Waals surface area contributed by atoms with Crippen molar-refractivity contribution < 1.29 is 13.9 Å². The number of carbonyl (C=O) groups excluding carboxylic acids is 1. The molecule has 1 saturated heterocycles. The molecule has 0 saturated carbocycles. The molecular weight excluding hydrogens is 247 g/mol. The highest BCUT2D eigenvalue weighted by Gasteiger charge is 2.27. The highest BCUT2D eigenvalue weighted by molar-refractivity contribution is 5.95. The summed E-state index contributed by atoms with van der Waals surface area (Å²) in [5, 5.41) is 2.69. The second-order valence-corrected chi connectivity index (χ2v) is 4.71. The molecule has 2 atom stereocenters. The number of nitrogens with one attached hydrogen (secondary N) is 1. The number of alkyl halides is 1. The Morgan fingerprint density at radius 1 is 1.47 bits per heavy atom. The summed E-state index contributed by atoms with van der Waals surface area (Å²) >= 11 is 0. The van der Waals surface area contributed by atoms with Gasteiger partial charge in [0.15, 0.2) is 0 Å². The van der Waals surface area contributed by atoms with Crippen LogP contribution in [-0.4, -0.2) is 29.3 Å². The lowest BCUT2D eigenvalue weighted by Gasteiger charge is -2.26. The second kappa shape index (κ2) is 5.01. The van der Waals surface area contributed by atoms with Crippen LogP contribution in [0.3, 0.4) is 0 Å². The standard InChI is InChI=1S/C14H15FN2O2/c15-13-12(5-3-7-19-13)16-14(18)10-8-11-4-1-2-6-17(11)9-10/h1-2,4,6,8-9,12-13H,3,5,7H2,(H,16,18). The fourth-order valence-electron chi connectivity index (χ4n) is 2.32. The van der Waals surface area contributed by atoms with Gasteiger partial charge in [-0.15, -0.1) is 0 Å². The minimum absolute atomic E-state index is 0.262. The van der Waals surface area contributed by atoms with Crippen LogP contribution < -0.4 is 5.32 Å². The maximum atomic E-state index is 13.5. The van der Waals surface area contributed by atoms with Crippen LogP contribution in [0, 0.1) is 0 Å². The third-order valence-corrected chi connectivity index (χ3v) is 3.34. The lowest BCUT2D eigenvalue weighted by atomic mass is 10.1. The maximum Gasteiger partial charge on any atom is 0.253 e. The first-order chi connectivity index (χ1) is 9.24. The summed E-state index contributed by atoms with van der Waals surface area (Å²) in [7, 11) is 0. The monoisotopic (exact) mass is 262 g/mol. The third-order valence-electron chi connectivity index (χ3n) is 3.34. The van der Waals surface area contributed by atoms with Crippen LogP contribution in [0.25, 0.3) is 5.52 Å². The van der Waals surface area contributed by atoms with Gasteiger partial charge in [-0.05, 0) is 31.0 Å². The Kier molecular flexibility index (Phi) is 3.21. The van der Waals surface area contributed by atoms with Crippen LogP contribution in [-0.2, 0) is 4.74 Å². The van der Waals surface area contributed by atoms with Crippen LogP contribution in [0.1, 0.15) is 23.2 Å². The van der Waals surface area contributed by atoms with E-state index in [1.54, 1.807) is 12.3 Å². The number of aromatic nitrogens is 1. The van der Waals surface area contributed by atoms with Crippen molar-refractivity contribution in [3.8, 4) is 0 Å². The normalized spacial score (nSPS) is 23.4. The molecular formula is C14H15FN2O2. The Bertz CT molecular complexity index is 563. The predicted molar refractivity (Wildman–Crippen MR) is 68.7 cm³/mol. The number of ether oxygens (including phenoxy) is 1. The van der Waals surface area contributed by atoms with Crippen molar-refractivity contribution in [2.45, 2.75) is 25.2 Å². The molecule has 5 heteroatoms. The van der Waals surface area contributed by atoms with Crippen LogP contribution in [0.5, 0.6) is 0 Å². The van der Waals surface area contributed by atoms with Gasteiger partial charge in [0.2, 0.25) is 6.36 Å². The SMILES string of the molecule is O=C(NC1CCCOC1F)c1cc2ccccn2c1. The van der Waals surface area contributed by atoms with Gasteiger partial charge in [-0.1, -0.05) is 6.07 Å². The zero-order chi connectivity index (χ0) is 13.2. The van der Waals surface area contributed by atoms with Crippen molar-refractivity contribution >= 4 is 11.4 Å². The third kappa shape index (κ3) is 2.46. The lowest BCUT2D eigenvalue weighted by Crippen LogP contribution is -2.45. The summed E-state index contributed by atoms with van der Waals surface area (Å²) in [4.78, 5) is 12.1. The smallest absolute Gasteiger partial charge is 0.253 e. The van der Waals surface area contributed by atoms with Gasteiger partial charge in [0.1, 0.15) is 0 Å². The Labute approximate surface area is 110 Å². The number of hydrogen-bond acceptors (Lipinski definition) is 2. The molecule has 19 heavy (non-hydrogen) atoms. The van der Waals surface area contributed by atoms with Crippen LogP contribution >= 0.6 is 0 Å². The molecule has 3 heterocycles. The van der Waals surface area contributed by atoms with Crippen LogP contribution in [0.2, 0.25) is 0 Å². The topological polar surface area (TPSA) is 42.7 Å². The van der Waals surface area contributed by atoms with Gasteiger partial charge < -0.3 is 14.5 Å². The molecule has 1 aliphatic rings. The van der Waals surface area contributed by atoms with Crippen molar-refractivity contribution in [1.82, 2.24) is 9.72 Å². The Morgan fingerprint density at radius 2 is 2.37 bits per heavy atom. The molecule has 0 aliphatic carbocycles. The predicted octanol–water partition coefficient (Wildman–Crippen LogP) is 2.14. The number of amides is 1. The quantitative estimate of drug-likeness (QED) is 0.901. The number of rotatable bonds is 2. The number of fused-ring (bicyclic) bond motifs is 1. The Balaban J connectivity index is 1.76. The highest BCUT2D eigenvalue weighted by Crippen LogP contribution is 2.16. The molecule has 2 aromatic rings. The van der Waals surface area contributed by atoms with Gasteiger partial charge >= 0.3 is 0 Å². The average Bonchev–Trinajstić information content (AvgIpc) is 2.85. The Morgan fingerprint density at radius 3 is 3.16 bits per heavy atom. The van der Waals surface area contributed by atoms with Crippen LogP contribution in [0.15, 0.2) is 36.7 Å². The van der Waals surface area contributed by atoms with E-state index in [0.29, 0.717) is 18.6 Å². The molecule has 3 rings (SSSR count). The summed E-state index contributed by atoms with van der Waals surface area (Å²) < 4.78 is 20.2. The largest absolute Gasteiger partial charge is 0.347 e.